The van der Waals surface area contributed by atoms with E-state index in [9.17, 15) is 0 Å². The predicted molar refractivity (Wildman–Crippen MR) is 79.4 cm³/mol. The molecule has 1 aromatic rings. The van der Waals surface area contributed by atoms with Gasteiger partial charge >= 0.3 is 0 Å². The van der Waals surface area contributed by atoms with Gasteiger partial charge in [-0.25, -0.2) is 0 Å². The second-order valence-electron chi connectivity index (χ2n) is 4.81. The second kappa shape index (κ2) is 6.98. The number of thiophene rings is 1. The van der Waals surface area contributed by atoms with Crippen molar-refractivity contribution in [1.82, 2.24) is 5.32 Å². The molecule has 0 amide bonds. The molecule has 17 heavy (non-hydrogen) atoms. The Labute approximate surface area is 119 Å². The molecule has 0 saturated heterocycles. The molecule has 1 rings (SSSR count). The number of nitrogens with one attached hydrogen (secondary N) is 1. The van der Waals surface area contributed by atoms with E-state index in [-0.39, 0.29) is 0 Å². The molecule has 4 heteroatoms. The van der Waals surface area contributed by atoms with Crippen LogP contribution in [-0.2, 0) is 0 Å². The average Bonchev–Trinajstić information content (AvgIpc) is 2.58. The highest BCUT2D eigenvalue weighted by atomic mass is 35.5. The van der Waals surface area contributed by atoms with Gasteiger partial charge in [0.1, 0.15) is 0 Å². The van der Waals surface area contributed by atoms with Crippen molar-refractivity contribution in [1.29, 1.82) is 0 Å². The third-order valence-electron chi connectivity index (χ3n) is 3.21. The summed E-state index contributed by atoms with van der Waals surface area (Å²) in [7, 11) is 0. The lowest BCUT2D eigenvalue weighted by atomic mass is 9.87. The van der Waals surface area contributed by atoms with Gasteiger partial charge in [-0.15, -0.1) is 11.3 Å². The molecule has 98 valence electrons. The molecule has 0 aliphatic carbocycles. The topological polar surface area (TPSA) is 12.0 Å². The highest BCUT2D eigenvalue weighted by Gasteiger charge is 2.24. The largest absolute Gasteiger partial charge is 0.310 e. The summed E-state index contributed by atoms with van der Waals surface area (Å²) < 4.78 is 1.58. The Hall–Kier alpha value is 0.240. The fourth-order valence-electron chi connectivity index (χ4n) is 1.83. The minimum absolute atomic E-state index is 0.297. The highest BCUT2D eigenvalue weighted by Crippen LogP contribution is 2.39. The van der Waals surface area contributed by atoms with Crippen LogP contribution in [0.4, 0.5) is 0 Å². The normalized spacial score (nSPS) is 15.2. The summed E-state index contributed by atoms with van der Waals surface area (Å²) in [6.45, 7) is 9.93. The molecular formula is C13H21Cl2NS. The average molecular weight is 294 g/mol. The molecule has 0 saturated carbocycles. The van der Waals surface area contributed by atoms with Gasteiger partial charge in [-0.05, 0) is 30.9 Å². The molecule has 1 N–H and O–H groups in total. The Morgan fingerprint density at radius 3 is 2.35 bits per heavy atom. The Kier molecular flexibility index (Phi) is 6.28. The van der Waals surface area contributed by atoms with Crippen LogP contribution < -0.4 is 5.32 Å². The van der Waals surface area contributed by atoms with Gasteiger partial charge in [0.2, 0.25) is 0 Å². The zero-order chi connectivity index (χ0) is 13.0. The van der Waals surface area contributed by atoms with Crippen molar-refractivity contribution in [2.45, 2.75) is 40.2 Å². The van der Waals surface area contributed by atoms with E-state index in [1.54, 1.807) is 0 Å². The molecule has 2 atom stereocenters. The maximum Gasteiger partial charge on any atom is 0.0992 e. The molecule has 0 aromatic carbocycles. The highest BCUT2D eigenvalue weighted by molar-refractivity contribution is 7.20. The molecule has 0 fully saturated rings. The van der Waals surface area contributed by atoms with E-state index in [2.05, 4.69) is 33.0 Å². The quantitative estimate of drug-likeness (QED) is 0.742. The molecule has 1 heterocycles. The Bertz CT molecular complexity index is 349. The van der Waals surface area contributed by atoms with Crippen LogP contribution in [0.25, 0.3) is 0 Å². The first-order chi connectivity index (χ1) is 7.97. The van der Waals surface area contributed by atoms with Crippen LogP contribution >= 0.6 is 34.5 Å². The van der Waals surface area contributed by atoms with Gasteiger partial charge in [-0.3, -0.25) is 0 Å². The lowest BCUT2D eigenvalue weighted by molar-refractivity contribution is 0.304. The number of hydrogen-bond donors (Lipinski definition) is 1. The minimum Gasteiger partial charge on any atom is -0.310 e. The fourth-order valence-corrected chi connectivity index (χ4v) is 3.38. The SMILES string of the molecule is CCCNC(c1cc(Cl)sc1Cl)C(C)C(C)C. The molecular weight excluding hydrogens is 273 g/mol. The van der Waals surface area contributed by atoms with Crippen LogP contribution in [0.2, 0.25) is 8.67 Å². The smallest absolute Gasteiger partial charge is 0.0992 e. The van der Waals surface area contributed by atoms with Crippen molar-refractivity contribution in [3.63, 3.8) is 0 Å². The van der Waals surface area contributed by atoms with Gasteiger partial charge in [-0.1, -0.05) is 50.9 Å². The molecule has 0 radical (unpaired) electrons. The standard InChI is InChI=1S/C13H21Cl2NS/c1-5-6-16-12(9(4)8(2)3)10-7-11(14)17-13(10)15/h7-9,12,16H,5-6H2,1-4H3. The van der Waals surface area contributed by atoms with Crippen LogP contribution in [-0.4, -0.2) is 6.54 Å². The van der Waals surface area contributed by atoms with Crippen LogP contribution in [0, 0.1) is 11.8 Å². The summed E-state index contributed by atoms with van der Waals surface area (Å²) in [5, 5.41) is 3.58. The number of rotatable bonds is 6. The van der Waals surface area contributed by atoms with Crippen LogP contribution in [0.5, 0.6) is 0 Å². The monoisotopic (exact) mass is 293 g/mol. The zero-order valence-electron chi connectivity index (χ0n) is 10.9. The predicted octanol–water partition coefficient (Wildman–Crippen LogP) is 5.39. The maximum absolute atomic E-state index is 6.26. The Balaban J connectivity index is 2.93. The summed E-state index contributed by atoms with van der Waals surface area (Å²) in [5.74, 6) is 1.14. The van der Waals surface area contributed by atoms with Crippen molar-refractivity contribution in [2.24, 2.45) is 11.8 Å². The molecule has 1 aromatic heterocycles. The van der Waals surface area contributed by atoms with Gasteiger partial charge < -0.3 is 5.32 Å². The van der Waals surface area contributed by atoms with Crippen molar-refractivity contribution in [3.8, 4) is 0 Å². The van der Waals surface area contributed by atoms with Gasteiger partial charge in [0, 0.05) is 11.6 Å². The third kappa shape index (κ3) is 4.13. The van der Waals surface area contributed by atoms with E-state index in [0.717, 1.165) is 27.2 Å². The summed E-state index contributed by atoms with van der Waals surface area (Å²) in [5.41, 5.74) is 1.15. The van der Waals surface area contributed by atoms with Crippen molar-refractivity contribution in [2.75, 3.05) is 6.54 Å². The fraction of sp³-hybridized carbons (Fsp3) is 0.692. The maximum atomic E-state index is 6.26. The molecule has 0 aliphatic rings. The second-order valence-corrected chi connectivity index (χ2v) is 7.10. The summed E-state index contributed by atoms with van der Waals surface area (Å²) >= 11 is 13.7. The lowest BCUT2D eigenvalue weighted by Gasteiger charge is -2.28. The van der Waals surface area contributed by atoms with Gasteiger partial charge in [-0.2, -0.15) is 0 Å². The first-order valence-corrected chi connectivity index (χ1v) is 7.72. The molecule has 0 bridgehead atoms. The van der Waals surface area contributed by atoms with E-state index in [1.165, 1.54) is 11.3 Å². The Morgan fingerprint density at radius 1 is 1.29 bits per heavy atom. The van der Waals surface area contributed by atoms with E-state index < -0.39 is 0 Å². The zero-order valence-corrected chi connectivity index (χ0v) is 13.2. The van der Waals surface area contributed by atoms with Crippen LogP contribution in [0.1, 0.15) is 45.7 Å². The summed E-state index contributed by atoms with van der Waals surface area (Å²) in [6, 6.07) is 2.30. The van der Waals surface area contributed by atoms with Gasteiger partial charge in [0.15, 0.2) is 0 Å². The molecule has 0 spiro atoms. The molecule has 0 aliphatic heterocycles. The number of halogens is 2. The first-order valence-electron chi connectivity index (χ1n) is 6.15. The lowest BCUT2D eigenvalue weighted by Crippen LogP contribution is -2.30. The van der Waals surface area contributed by atoms with E-state index in [0.29, 0.717) is 17.9 Å². The first kappa shape index (κ1) is 15.3. The van der Waals surface area contributed by atoms with Crippen LogP contribution in [0.3, 0.4) is 0 Å². The van der Waals surface area contributed by atoms with E-state index in [1.807, 2.05) is 6.07 Å². The van der Waals surface area contributed by atoms with Crippen molar-refractivity contribution >= 4 is 34.5 Å². The van der Waals surface area contributed by atoms with E-state index in [4.69, 9.17) is 23.2 Å². The van der Waals surface area contributed by atoms with E-state index >= 15 is 0 Å². The van der Waals surface area contributed by atoms with Gasteiger partial charge in [0.05, 0.1) is 8.67 Å². The van der Waals surface area contributed by atoms with Crippen molar-refractivity contribution in [3.05, 3.63) is 20.3 Å². The Morgan fingerprint density at radius 2 is 1.94 bits per heavy atom. The third-order valence-corrected chi connectivity index (χ3v) is 4.73. The van der Waals surface area contributed by atoms with Gasteiger partial charge in [0.25, 0.3) is 0 Å². The summed E-state index contributed by atoms with van der Waals surface area (Å²) in [6.07, 6.45) is 1.12. The van der Waals surface area contributed by atoms with Crippen LogP contribution in [0.15, 0.2) is 6.07 Å². The summed E-state index contributed by atoms with van der Waals surface area (Å²) in [4.78, 5) is 0. The molecule has 1 nitrogen and oxygen atoms in total. The number of hydrogen-bond acceptors (Lipinski definition) is 2. The molecule has 2 unspecified atom stereocenters. The minimum atomic E-state index is 0.297. The van der Waals surface area contributed by atoms with Crippen molar-refractivity contribution < 1.29 is 0 Å².